The number of nitrogens with one attached hydrogen (secondary N) is 1. The van der Waals surface area contributed by atoms with E-state index < -0.39 is 23.7 Å². The van der Waals surface area contributed by atoms with Gasteiger partial charge in [0.1, 0.15) is 0 Å². The second-order valence-electron chi connectivity index (χ2n) is 4.45. The molecule has 0 bridgehead atoms. The molecule has 23 heavy (non-hydrogen) atoms. The van der Waals surface area contributed by atoms with Gasteiger partial charge in [-0.15, -0.1) is 0 Å². The smallest absolute Gasteiger partial charge is 0.339 e. The summed E-state index contributed by atoms with van der Waals surface area (Å²) in [7, 11) is 0. The first-order valence-corrected chi connectivity index (χ1v) is 8.37. The van der Waals surface area contributed by atoms with E-state index in [4.69, 9.17) is 4.74 Å². The largest absolute Gasteiger partial charge is 0.449 e. The predicted molar refractivity (Wildman–Crippen MR) is 86.1 cm³/mol. The number of esters is 1. The van der Waals surface area contributed by atoms with Crippen molar-refractivity contribution in [3.8, 4) is 0 Å². The Balaban J connectivity index is 1.89. The number of benzene rings is 1. The third-order valence-electron chi connectivity index (χ3n) is 2.76. The molecule has 0 aliphatic rings. The molecule has 2 aromatic rings. The molecule has 2 rings (SSSR count). The molecule has 4 nitrogen and oxygen atoms in total. The van der Waals surface area contributed by atoms with Crippen molar-refractivity contribution in [2.24, 2.45) is 0 Å². The average Bonchev–Trinajstić information content (AvgIpc) is 3.03. The van der Waals surface area contributed by atoms with Crippen LogP contribution in [0.3, 0.4) is 0 Å². The van der Waals surface area contributed by atoms with Gasteiger partial charge in [-0.3, -0.25) is 4.79 Å². The minimum absolute atomic E-state index is 0.392. The molecule has 0 saturated heterocycles. The molecule has 0 fully saturated rings. The Bertz CT molecular complexity index is 660. The number of carbonyl (C=O) groups excluding carboxylic acids is 2. The second-order valence-corrected chi connectivity index (χ2v) is 6.30. The molecule has 1 heterocycles. The Hall–Kier alpha value is -1.93. The van der Waals surface area contributed by atoms with Crippen LogP contribution in [0.4, 0.5) is 14.5 Å². The van der Waals surface area contributed by atoms with Gasteiger partial charge in [-0.1, -0.05) is 11.8 Å². The number of anilines is 1. The second kappa shape index (κ2) is 8.07. The van der Waals surface area contributed by atoms with Gasteiger partial charge < -0.3 is 10.1 Å². The van der Waals surface area contributed by atoms with Gasteiger partial charge in [-0.05, 0) is 42.6 Å². The zero-order valence-electron chi connectivity index (χ0n) is 12.0. The van der Waals surface area contributed by atoms with E-state index in [1.165, 1.54) is 42.5 Å². The summed E-state index contributed by atoms with van der Waals surface area (Å²) >= 11 is 1.78. The summed E-state index contributed by atoms with van der Waals surface area (Å²) in [5, 5.41) is 5.93. The summed E-state index contributed by atoms with van der Waals surface area (Å²) in [5.74, 6) is -3.56. The van der Waals surface area contributed by atoms with Crippen LogP contribution in [-0.4, -0.2) is 23.7 Å². The van der Waals surface area contributed by atoms with E-state index >= 15 is 0 Å². The first-order valence-electron chi connectivity index (χ1n) is 6.54. The van der Waals surface area contributed by atoms with E-state index in [9.17, 15) is 18.4 Å². The molecular weight excluding hydrogens is 344 g/mol. The molecule has 0 unspecified atom stereocenters. The maximum Gasteiger partial charge on any atom is 0.339 e. The monoisotopic (exact) mass is 357 g/mol. The van der Waals surface area contributed by atoms with Crippen LogP contribution in [0.25, 0.3) is 0 Å². The first-order chi connectivity index (χ1) is 11.0. The molecule has 0 saturated carbocycles. The molecule has 122 valence electrons. The van der Waals surface area contributed by atoms with E-state index in [-0.39, 0.29) is 0 Å². The van der Waals surface area contributed by atoms with E-state index in [2.05, 4.69) is 5.32 Å². The van der Waals surface area contributed by atoms with Crippen LogP contribution in [0, 0.1) is 0 Å². The third kappa shape index (κ3) is 5.33. The minimum Gasteiger partial charge on any atom is -0.449 e. The Morgan fingerprint density at radius 3 is 2.48 bits per heavy atom. The maximum atomic E-state index is 12.2. The highest BCUT2D eigenvalue weighted by atomic mass is 32.2. The lowest BCUT2D eigenvalue weighted by molar-refractivity contribution is -0.123. The van der Waals surface area contributed by atoms with Crippen molar-refractivity contribution in [2.75, 3.05) is 5.32 Å². The third-order valence-corrected chi connectivity index (χ3v) is 4.16. The highest BCUT2D eigenvalue weighted by Gasteiger charge is 2.19. The van der Waals surface area contributed by atoms with Gasteiger partial charge in [0.05, 0.1) is 5.56 Å². The number of ether oxygens (including phenoxy) is 1. The average molecular weight is 357 g/mol. The van der Waals surface area contributed by atoms with Crippen LogP contribution in [-0.2, 0) is 9.53 Å². The highest BCUT2D eigenvalue weighted by molar-refractivity contribution is 7.99. The molecule has 1 aromatic carbocycles. The van der Waals surface area contributed by atoms with Crippen LogP contribution in [0.2, 0.25) is 0 Å². The molecular formula is C15H13F2NO3S2. The number of halogens is 2. The summed E-state index contributed by atoms with van der Waals surface area (Å²) < 4.78 is 29.5. The van der Waals surface area contributed by atoms with E-state index in [0.717, 1.165) is 0 Å². The fourth-order valence-electron chi connectivity index (χ4n) is 1.63. The quantitative estimate of drug-likeness (QED) is 0.620. The Kier molecular flexibility index (Phi) is 6.12. The summed E-state index contributed by atoms with van der Waals surface area (Å²) in [6.45, 7) is 1.46. The first kappa shape index (κ1) is 17.4. The lowest BCUT2D eigenvalue weighted by Crippen LogP contribution is -2.29. The lowest BCUT2D eigenvalue weighted by Gasteiger charge is -2.13. The molecule has 1 amide bonds. The highest BCUT2D eigenvalue weighted by Crippen LogP contribution is 2.26. The number of thioether (sulfide) groups is 1. The van der Waals surface area contributed by atoms with Gasteiger partial charge in [0.2, 0.25) is 0 Å². The van der Waals surface area contributed by atoms with Crippen molar-refractivity contribution >= 4 is 40.7 Å². The van der Waals surface area contributed by atoms with Crippen molar-refractivity contribution < 1.29 is 23.1 Å². The molecule has 0 aliphatic carbocycles. The fourth-order valence-corrected chi connectivity index (χ4v) is 2.75. The molecule has 0 aliphatic heterocycles. The summed E-state index contributed by atoms with van der Waals surface area (Å²) in [4.78, 5) is 24.1. The van der Waals surface area contributed by atoms with Crippen LogP contribution in [0.1, 0.15) is 17.3 Å². The topological polar surface area (TPSA) is 55.4 Å². The van der Waals surface area contributed by atoms with Crippen molar-refractivity contribution in [1.29, 1.82) is 0 Å². The van der Waals surface area contributed by atoms with E-state index in [1.54, 1.807) is 16.8 Å². The fraction of sp³-hybridized carbons (Fsp3) is 0.200. The molecule has 8 heteroatoms. The normalized spacial score (nSPS) is 12.0. The number of thiophene rings is 1. The molecule has 1 atom stereocenters. The number of alkyl halides is 2. The molecule has 1 N–H and O–H groups in total. The number of amides is 1. The van der Waals surface area contributed by atoms with Gasteiger partial charge in [0.25, 0.3) is 11.7 Å². The zero-order chi connectivity index (χ0) is 16.8. The Morgan fingerprint density at radius 2 is 1.91 bits per heavy atom. The Morgan fingerprint density at radius 1 is 1.22 bits per heavy atom. The van der Waals surface area contributed by atoms with Gasteiger partial charge in [0, 0.05) is 16.0 Å². The summed E-state index contributed by atoms with van der Waals surface area (Å²) in [6, 6.07) is 7.59. The lowest BCUT2D eigenvalue weighted by atomic mass is 10.3. The van der Waals surface area contributed by atoms with Gasteiger partial charge in [0.15, 0.2) is 6.10 Å². The predicted octanol–water partition coefficient (Wildman–Crippen LogP) is 4.25. The molecule has 0 spiro atoms. The van der Waals surface area contributed by atoms with Crippen molar-refractivity contribution in [3.05, 3.63) is 46.7 Å². The van der Waals surface area contributed by atoms with Crippen LogP contribution in [0.5, 0.6) is 0 Å². The summed E-state index contributed by atoms with van der Waals surface area (Å²) in [5.41, 5.74) is 0.829. The molecule has 1 aromatic heterocycles. The van der Waals surface area contributed by atoms with Crippen LogP contribution >= 0.6 is 23.1 Å². The van der Waals surface area contributed by atoms with Crippen LogP contribution in [0.15, 0.2) is 46.0 Å². The number of carbonyl (C=O) groups is 2. The van der Waals surface area contributed by atoms with Gasteiger partial charge in [-0.2, -0.15) is 20.1 Å². The molecule has 0 radical (unpaired) electrons. The van der Waals surface area contributed by atoms with Crippen molar-refractivity contribution in [1.82, 2.24) is 0 Å². The number of hydrogen-bond donors (Lipinski definition) is 1. The van der Waals surface area contributed by atoms with E-state index in [0.29, 0.717) is 27.9 Å². The standard InChI is InChI=1S/C15H13F2NO3S2/c1-9(21-14(20)10-6-7-22-8-10)13(19)18-11-2-4-12(5-3-11)23-15(16)17/h2-9,15H,1H3,(H,18,19)/t9-/m1/s1. The number of rotatable bonds is 6. The van der Waals surface area contributed by atoms with Crippen molar-refractivity contribution in [3.63, 3.8) is 0 Å². The van der Waals surface area contributed by atoms with Gasteiger partial charge >= 0.3 is 5.97 Å². The summed E-state index contributed by atoms with van der Waals surface area (Å²) in [6.07, 6.45) is -0.975. The maximum absolute atomic E-state index is 12.2. The van der Waals surface area contributed by atoms with Crippen molar-refractivity contribution in [2.45, 2.75) is 23.7 Å². The van der Waals surface area contributed by atoms with E-state index in [1.807, 2.05) is 0 Å². The zero-order valence-corrected chi connectivity index (χ0v) is 13.6. The van der Waals surface area contributed by atoms with Gasteiger partial charge in [-0.25, -0.2) is 4.79 Å². The number of hydrogen-bond acceptors (Lipinski definition) is 5. The minimum atomic E-state index is -2.49. The van der Waals surface area contributed by atoms with Crippen LogP contribution < -0.4 is 5.32 Å². The SMILES string of the molecule is C[C@@H](OC(=O)c1ccsc1)C(=O)Nc1ccc(SC(F)F)cc1. The Labute approximate surface area is 139 Å².